The fourth-order valence-electron chi connectivity index (χ4n) is 1.65. The van der Waals surface area contributed by atoms with Gasteiger partial charge >= 0.3 is 5.97 Å². The molecule has 2 rings (SSSR count). The van der Waals surface area contributed by atoms with Gasteiger partial charge in [0.25, 0.3) is 10.0 Å². The molecule has 2 N–H and O–H groups in total. The van der Waals surface area contributed by atoms with Crippen LogP contribution in [0.15, 0.2) is 15.8 Å². The number of esters is 1. The lowest BCUT2D eigenvalue weighted by molar-refractivity contribution is 0.0590. The van der Waals surface area contributed by atoms with Crippen LogP contribution in [0.4, 0.5) is 5.82 Å². The van der Waals surface area contributed by atoms with Crippen molar-refractivity contribution in [3.8, 4) is 0 Å². The third-order valence-corrected chi connectivity index (χ3v) is 5.27. The maximum absolute atomic E-state index is 12.3. The van der Waals surface area contributed by atoms with Gasteiger partial charge in [0.15, 0.2) is 15.7 Å². The number of H-pyrrole nitrogens is 1. The summed E-state index contributed by atoms with van der Waals surface area (Å²) < 4.78 is 31.2. The average Bonchev–Trinajstić information content (AvgIpc) is 3.07. The summed E-state index contributed by atoms with van der Waals surface area (Å²) in [7, 11) is -2.77. The lowest BCUT2D eigenvalue weighted by atomic mass is 10.2. The molecule has 0 bridgehead atoms. The summed E-state index contributed by atoms with van der Waals surface area (Å²) >= 11 is 0.836. The summed E-state index contributed by atoms with van der Waals surface area (Å²) in [6, 6.07) is 1.61. The molecule has 10 heteroatoms. The van der Waals surface area contributed by atoms with E-state index in [1.807, 2.05) is 6.92 Å². The van der Waals surface area contributed by atoms with Crippen LogP contribution >= 0.6 is 11.3 Å². The van der Waals surface area contributed by atoms with Crippen LogP contribution in [-0.4, -0.2) is 36.7 Å². The number of aromatic nitrogens is 3. The molecule has 2 aromatic heterocycles. The Morgan fingerprint density at radius 2 is 2.29 bits per heavy atom. The zero-order chi connectivity index (χ0) is 15.5. The molecule has 0 aliphatic rings. The normalized spacial score (nSPS) is 11.3. The van der Waals surface area contributed by atoms with Crippen LogP contribution in [0.3, 0.4) is 0 Å². The van der Waals surface area contributed by atoms with Crippen molar-refractivity contribution in [1.82, 2.24) is 15.2 Å². The van der Waals surface area contributed by atoms with Crippen molar-refractivity contribution in [3.05, 3.63) is 23.0 Å². The van der Waals surface area contributed by atoms with Gasteiger partial charge in [-0.15, -0.1) is 11.3 Å². The number of carbonyl (C=O) groups excluding carboxylic acids is 1. The second kappa shape index (κ2) is 6.22. The summed E-state index contributed by atoms with van der Waals surface area (Å²) in [6.07, 6.45) is 1.68. The molecule has 0 aliphatic heterocycles. The average molecular weight is 330 g/mol. The fourth-order valence-corrected chi connectivity index (χ4v) is 3.78. The SMILES string of the molecule is CCCc1cc(NS(=O)(=O)c2scnc2C(=O)OC)n[nH]1. The fraction of sp³-hybridized carbons (Fsp3) is 0.364. The van der Waals surface area contributed by atoms with Gasteiger partial charge in [-0.05, 0) is 6.42 Å². The number of carbonyl (C=O) groups is 1. The highest BCUT2D eigenvalue weighted by molar-refractivity contribution is 7.94. The van der Waals surface area contributed by atoms with E-state index in [4.69, 9.17) is 0 Å². The van der Waals surface area contributed by atoms with Gasteiger partial charge in [0.2, 0.25) is 0 Å². The second-order valence-corrected chi connectivity index (χ2v) is 6.85. The minimum absolute atomic E-state index is 0.169. The highest BCUT2D eigenvalue weighted by atomic mass is 32.2. The number of ether oxygens (including phenoxy) is 1. The Morgan fingerprint density at radius 3 is 2.95 bits per heavy atom. The Labute approximate surface area is 125 Å². The number of anilines is 1. The van der Waals surface area contributed by atoms with E-state index in [2.05, 4.69) is 24.6 Å². The van der Waals surface area contributed by atoms with Crippen LogP contribution in [0.25, 0.3) is 0 Å². The standard InChI is InChI=1S/C11H14N4O4S2/c1-3-4-7-5-8(14-13-7)15-21(17,18)11-9(10(16)19-2)12-6-20-11/h5-6H,3-4H2,1-2H3,(H2,13,14,15). The van der Waals surface area contributed by atoms with Crippen molar-refractivity contribution in [3.63, 3.8) is 0 Å². The molecule has 21 heavy (non-hydrogen) atoms. The van der Waals surface area contributed by atoms with Crippen LogP contribution in [0.5, 0.6) is 0 Å². The molecule has 0 amide bonds. The van der Waals surface area contributed by atoms with Gasteiger partial charge in [-0.2, -0.15) is 5.10 Å². The largest absolute Gasteiger partial charge is 0.464 e. The number of aryl methyl sites for hydroxylation is 1. The maximum atomic E-state index is 12.3. The van der Waals surface area contributed by atoms with E-state index in [9.17, 15) is 13.2 Å². The topological polar surface area (TPSA) is 114 Å². The Hall–Kier alpha value is -1.94. The minimum Gasteiger partial charge on any atom is -0.464 e. The number of aromatic amines is 1. The first-order chi connectivity index (χ1) is 9.97. The van der Waals surface area contributed by atoms with Crippen LogP contribution in [0, 0.1) is 0 Å². The van der Waals surface area contributed by atoms with Crippen molar-refractivity contribution in [2.24, 2.45) is 0 Å². The predicted octanol–water partition coefficient (Wildman–Crippen LogP) is 1.41. The third-order valence-electron chi connectivity index (χ3n) is 2.55. The predicted molar refractivity (Wildman–Crippen MR) is 76.8 cm³/mol. The lowest BCUT2D eigenvalue weighted by Gasteiger charge is -2.04. The van der Waals surface area contributed by atoms with Crippen LogP contribution in [-0.2, 0) is 21.2 Å². The molecular formula is C11H14N4O4S2. The zero-order valence-corrected chi connectivity index (χ0v) is 13.0. The molecule has 0 radical (unpaired) electrons. The van der Waals surface area contributed by atoms with E-state index < -0.39 is 16.0 Å². The first-order valence-electron chi connectivity index (χ1n) is 6.06. The van der Waals surface area contributed by atoms with E-state index >= 15 is 0 Å². The van der Waals surface area contributed by atoms with Gasteiger partial charge in [0.05, 0.1) is 12.6 Å². The number of hydrogen-bond acceptors (Lipinski definition) is 7. The number of hydrogen-bond donors (Lipinski definition) is 2. The summed E-state index contributed by atoms with van der Waals surface area (Å²) in [6.45, 7) is 2.00. The summed E-state index contributed by atoms with van der Waals surface area (Å²) in [5.74, 6) is -0.631. The summed E-state index contributed by atoms with van der Waals surface area (Å²) in [4.78, 5) is 15.2. The second-order valence-electron chi connectivity index (χ2n) is 4.11. The number of sulfonamides is 1. The van der Waals surface area contributed by atoms with Gasteiger partial charge in [-0.3, -0.25) is 9.82 Å². The molecular weight excluding hydrogens is 316 g/mol. The van der Waals surface area contributed by atoms with Crippen molar-refractivity contribution in [1.29, 1.82) is 0 Å². The quantitative estimate of drug-likeness (QED) is 0.774. The molecule has 0 aliphatic carbocycles. The molecule has 114 valence electrons. The van der Waals surface area contributed by atoms with Gasteiger partial charge in [0.1, 0.15) is 0 Å². The molecule has 0 aromatic carbocycles. The molecule has 0 atom stereocenters. The van der Waals surface area contributed by atoms with Crippen molar-refractivity contribution in [2.75, 3.05) is 11.8 Å². The molecule has 0 spiro atoms. The minimum atomic E-state index is -3.93. The van der Waals surface area contributed by atoms with E-state index in [1.165, 1.54) is 5.51 Å². The van der Waals surface area contributed by atoms with Crippen LogP contribution < -0.4 is 4.72 Å². The molecule has 0 saturated heterocycles. The van der Waals surface area contributed by atoms with Crippen LogP contribution in [0.1, 0.15) is 29.5 Å². The van der Waals surface area contributed by atoms with Crippen molar-refractivity contribution >= 4 is 33.1 Å². The van der Waals surface area contributed by atoms with E-state index in [0.717, 1.165) is 37.0 Å². The summed E-state index contributed by atoms with van der Waals surface area (Å²) in [5.41, 5.74) is 1.86. The van der Waals surface area contributed by atoms with Crippen molar-refractivity contribution in [2.45, 2.75) is 24.0 Å². The molecule has 2 heterocycles. The van der Waals surface area contributed by atoms with Crippen LogP contribution in [0.2, 0.25) is 0 Å². The van der Waals surface area contributed by atoms with E-state index in [-0.39, 0.29) is 15.7 Å². The molecule has 0 fully saturated rings. The third kappa shape index (κ3) is 3.39. The highest BCUT2D eigenvalue weighted by Gasteiger charge is 2.27. The number of nitrogens with zero attached hydrogens (tertiary/aromatic N) is 2. The Balaban J connectivity index is 2.26. The first-order valence-corrected chi connectivity index (χ1v) is 8.43. The molecule has 0 unspecified atom stereocenters. The molecule has 2 aromatic rings. The molecule has 0 saturated carbocycles. The van der Waals surface area contributed by atoms with Gasteiger partial charge in [0, 0.05) is 11.8 Å². The van der Waals surface area contributed by atoms with Gasteiger partial charge in [-0.25, -0.2) is 18.2 Å². The van der Waals surface area contributed by atoms with E-state index in [1.54, 1.807) is 6.07 Å². The maximum Gasteiger partial charge on any atom is 0.358 e. The lowest BCUT2D eigenvalue weighted by Crippen LogP contribution is -2.16. The Morgan fingerprint density at radius 1 is 1.52 bits per heavy atom. The van der Waals surface area contributed by atoms with Crippen molar-refractivity contribution < 1.29 is 17.9 Å². The number of methoxy groups -OCH3 is 1. The Bertz CT molecular complexity index is 735. The number of thiazole rings is 1. The Kier molecular flexibility index (Phi) is 4.58. The number of rotatable bonds is 6. The van der Waals surface area contributed by atoms with E-state index in [0.29, 0.717) is 0 Å². The monoisotopic (exact) mass is 330 g/mol. The summed E-state index contributed by atoms with van der Waals surface area (Å²) in [5, 5.41) is 6.62. The molecule has 8 nitrogen and oxygen atoms in total. The smallest absolute Gasteiger partial charge is 0.358 e. The number of nitrogens with one attached hydrogen (secondary N) is 2. The zero-order valence-electron chi connectivity index (χ0n) is 11.4. The highest BCUT2D eigenvalue weighted by Crippen LogP contribution is 2.23. The first kappa shape index (κ1) is 15.4. The van der Waals surface area contributed by atoms with Gasteiger partial charge < -0.3 is 4.74 Å². The van der Waals surface area contributed by atoms with Gasteiger partial charge in [-0.1, -0.05) is 13.3 Å².